The highest BCUT2D eigenvalue weighted by atomic mass is 16.4. The summed E-state index contributed by atoms with van der Waals surface area (Å²) in [7, 11) is 0. The van der Waals surface area contributed by atoms with Crippen molar-refractivity contribution in [3.63, 3.8) is 0 Å². The van der Waals surface area contributed by atoms with Crippen molar-refractivity contribution in [2.24, 2.45) is 17.8 Å². The number of aliphatic carboxylic acids is 1. The SMILES string of the molecule is CCCCC(C=O)CC=C[C@H]1CCC[C@@H]1CCCCCCC(=O)O. The van der Waals surface area contributed by atoms with Crippen LogP contribution in [0.3, 0.4) is 0 Å². The highest BCUT2D eigenvalue weighted by Crippen LogP contribution is 2.36. The smallest absolute Gasteiger partial charge is 0.303 e. The maximum Gasteiger partial charge on any atom is 0.303 e. The molecule has 1 aliphatic rings. The lowest BCUT2D eigenvalue weighted by Crippen LogP contribution is -2.06. The molecule has 24 heavy (non-hydrogen) atoms. The largest absolute Gasteiger partial charge is 0.481 e. The summed E-state index contributed by atoms with van der Waals surface area (Å²) in [6.45, 7) is 2.17. The Morgan fingerprint density at radius 2 is 1.96 bits per heavy atom. The van der Waals surface area contributed by atoms with Crippen LogP contribution in [0.4, 0.5) is 0 Å². The summed E-state index contributed by atoms with van der Waals surface area (Å²) in [5, 5.41) is 8.63. The van der Waals surface area contributed by atoms with E-state index in [0.717, 1.165) is 57.1 Å². The van der Waals surface area contributed by atoms with E-state index in [1.807, 2.05) is 0 Å². The van der Waals surface area contributed by atoms with Crippen molar-refractivity contribution in [2.75, 3.05) is 0 Å². The van der Waals surface area contributed by atoms with Gasteiger partial charge in [0.05, 0.1) is 0 Å². The van der Waals surface area contributed by atoms with Crippen LogP contribution in [0.15, 0.2) is 12.2 Å². The number of rotatable bonds is 14. The first-order valence-corrected chi connectivity index (χ1v) is 10.0. The zero-order valence-electron chi connectivity index (χ0n) is 15.4. The Balaban J connectivity index is 2.20. The Bertz CT molecular complexity index is 375. The molecule has 0 aliphatic heterocycles. The number of aldehydes is 1. The quantitative estimate of drug-likeness (QED) is 0.248. The van der Waals surface area contributed by atoms with Crippen LogP contribution < -0.4 is 0 Å². The van der Waals surface area contributed by atoms with E-state index in [2.05, 4.69) is 19.1 Å². The molecule has 0 heterocycles. The molecular formula is C21H36O3. The van der Waals surface area contributed by atoms with Gasteiger partial charge in [0, 0.05) is 12.3 Å². The Hall–Kier alpha value is -1.12. The summed E-state index contributed by atoms with van der Waals surface area (Å²) in [6, 6.07) is 0. The van der Waals surface area contributed by atoms with Crippen LogP contribution in [0.5, 0.6) is 0 Å². The van der Waals surface area contributed by atoms with E-state index in [1.165, 1.54) is 32.1 Å². The maximum absolute atomic E-state index is 11.1. The number of carboxylic acids is 1. The van der Waals surface area contributed by atoms with Gasteiger partial charge >= 0.3 is 5.97 Å². The summed E-state index contributed by atoms with van der Waals surface area (Å²) in [4.78, 5) is 21.6. The van der Waals surface area contributed by atoms with Gasteiger partial charge in [0.2, 0.25) is 0 Å². The van der Waals surface area contributed by atoms with Gasteiger partial charge < -0.3 is 9.90 Å². The Labute approximate surface area is 147 Å². The molecule has 1 saturated carbocycles. The lowest BCUT2D eigenvalue weighted by atomic mass is 9.89. The first kappa shape index (κ1) is 20.9. The van der Waals surface area contributed by atoms with E-state index < -0.39 is 5.97 Å². The van der Waals surface area contributed by atoms with Crippen molar-refractivity contribution in [3.05, 3.63) is 12.2 Å². The second-order valence-corrected chi connectivity index (χ2v) is 7.40. The fourth-order valence-corrected chi connectivity index (χ4v) is 3.85. The molecule has 0 amide bonds. The number of unbranched alkanes of at least 4 members (excludes halogenated alkanes) is 4. The highest BCUT2D eigenvalue weighted by Gasteiger charge is 2.24. The maximum atomic E-state index is 11.1. The number of carbonyl (C=O) groups excluding carboxylic acids is 1. The Morgan fingerprint density at radius 1 is 1.17 bits per heavy atom. The number of allylic oxidation sites excluding steroid dienone is 2. The molecule has 0 aromatic rings. The summed E-state index contributed by atoms with van der Waals surface area (Å²) in [6.07, 6.45) is 19.8. The predicted octanol–water partition coefficient (Wildman–Crippen LogP) is 5.78. The highest BCUT2D eigenvalue weighted by molar-refractivity contribution is 5.66. The zero-order chi connectivity index (χ0) is 17.6. The van der Waals surface area contributed by atoms with E-state index in [0.29, 0.717) is 12.3 Å². The van der Waals surface area contributed by atoms with E-state index >= 15 is 0 Å². The topological polar surface area (TPSA) is 54.4 Å². The number of carboxylic acid groups (broad SMARTS) is 1. The van der Waals surface area contributed by atoms with Gasteiger partial charge in [0.15, 0.2) is 0 Å². The number of carbonyl (C=O) groups is 2. The van der Waals surface area contributed by atoms with Crippen molar-refractivity contribution >= 4 is 12.3 Å². The van der Waals surface area contributed by atoms with Crippen LogP contribution >= 0.6 is 0 Å². The van der Waals surface area contributed by atoms with Crippen LogP contribution in [0, 0.1) is 17.8 Å². The van der Waals surface area contributed by atoms with Crippen molar-refractivity contribution in [1.29, 1.82) is 0 Å². The average molecular weight is 337 g/mol. The second kappa shape index (κ2) is 13.2. The molecule has 0 aromatic heterocycles. The molecule has 3 heteroatoms. The van der Waals surface area contributed by atoms with Gasteiger partial charge in [-0.05, 0) is 50.4 Å². The van der Waals surface area contributed by atoms with E-state index in [1.54, 1.807) is 0 Å². The molecule has 1 N–H and O–H groups in total. The minimum absolute atomic E-state index is 0.204. The van der Waals surface area contributed by atoms with E-state index in [9.17, 15) is 9.59 Å². The van der Waals surface area contributed by atoms with Gasteiger partial charge in [-0.25, -0.2) is 0 Å². The monoisotopic (exact) mass is 336 g/mol. The summed E-state index contributed by atoms with van der Waals surface area (Å²) in [5.41, 5.74) is 0. The Morgan fingerprint density at radius 3 is 2.67 bits per heavy atom. The lowest BCUT2D eigenvalue weighted by molar-refractivity contribution is -0.137. The molecule has 1 rings (SSSR count). The molecular weight excluding hydrogens is 300 g/mol. The molecule has 0 bridgehead atoms. The van der Waals surface area contributed by atoms with Gasteiger partial charge in [0.1, 0.15) is 6.29 Å². The van der Waals surface area contributed by atoms with E-state index in [4.69, 9.17) is 5.11 Å². The lowest BCUT2D eigenvalue weighted by Gasteiger charge is -2.16. The standard InChI is InChI=1S/C21H36O3/c1-2-3-10-18(17-22)11-8-13-20-15-9-14-19(20)12-6-4-5-7-16-21(23)24/h8,13,17-20H,2-7,9-12,14-16H2,1H3,(H,23,24)/t18?,19-,20-/m0/s1. The van der Waals surface area contributed by atoms with Crippen LogP contribution in [0.25, 0.3) is 0 Å². The molecule has 3 atom stereocenters. The molecule has 1 fully saturated rings. The number of hydrogen-bond donors (Lipinski definition) is 1. The molecule has 1 aliphatic carbocycles. The van der Waals surface area contributed by atoms with Crippen molar-refractivity contribution in [1.82, 2.24) is 0 Å². The Kier molecular flexibility index (Phi) is 11.5. The minimum Gasteiger partial charge on any atom is -0.481 e. The third kappa shape index (κ3) is 9.24. The second-order valence-electron chi connectivity index (χ2n) is 7.40. The van der Waals surface area contributed by atoms with Crippen LogP contribution in [0.2, 0.25) is 0 Å². The molecule has 1 unspecified atom stereocenters. The third-order valence-corrected chi connectivity index (χ3v) is 5.38. The summed E-state index contributed by atoms with van der Waals surface area (Å²) >= 11 is 0. The zero-order valence-corrected chi connectivity index (χ0v) is 15.4. The molecule has 0 spiro atoms. The normalized spacial score (nSPS) is 22.0. The third-order valence-electron chi connectivity index (χ3n) is 5.38. The van der Waals surface area contributed by atoms with Gasteiger partial charge in [-0.15, -0.1) is 0 Å². The van der Waals surface area contributed by atoms with Gasteiger partial charge in [-0.3, -0.25) is 4.79 Å². The average Bonchev–Trinajstić information content (AvgIpc) is 3.01. The first-order valence-electron chi connectivity index (χ1n) is 10.0. The van der Waals surface area contributed by atoms with Crippen molar-refractivity contribution in [2.45, 2.75) is 90.4 Å². The molecule has 0 saturated heterocycles. The molecule has 3 nitrogen and oxygen atoms in total. The van der Waals surface area contributed by atoms with Crippen LogP contribution in [-0.2, 0) is 9.59 Å². The fraction of sp³-hybridized carbons (Fsp3) is 0.810. The minimum atomic E-state index is -0.677. The molecule has 0 aromatic carbocycles. The fourth-order valence-electron chi connectivity index (χ4n) is 3.85. The van der Waals surface area contributed by atoms with Gasteiger partial charge in [-0.2, -0.15) is 0 Å². The first-order chi connectivity index (χ1) is 11.7. The van der Waals surface area contributed by atoms with Gasteiger partial charge in [0.25, 0.3) is 0 Å². The van der Waals surface area contributed by atoms with Gasteiger partial charge in [-0.1, -0.05) is 57.6 Å². The number of hydrogen-bond acceptors (Lipinski definition) is 2. The van der Waals surface area contributed by atoms with Crippen LogP contribution in [-0.4, -0.2) is 17.4 Å². The van der Waals surface area contributed by atoms with Crippen molar-refractivity contribution < 1.29 is 14.7 Å². The summed E-state index contributed by atoms with van der Waals surface area (Å²) < 4.78 is 0. The molecule has 138 valence electrons. The summed E-state index contributed by atoms with van der Waals surface area (Å²) in [5.74, 6) is 1.02. The van der Waals surface area contributed by atoms with Crippen LogP contribution in [0.1, 0.15) is 90.4 Å². The van der Waals surface area contributed by atoms with E-state index in [-0.39, 0.29) is 5.92 Å². The predicted molar refractivity (Wildman–Crippen MR) is 99.0 cm³/mol. The van der Waals surface area contributed by atoms with Crippen molar-refractivity contribution in [3.8, 4) is 0 Å². The molecule has 0 radical (unpaired) electrons.